The second-order valence-electron chi connectivity index (χ2n) is 4.26. The van der Waals surface area contributed by atoms with E-state index in [4.69, 9.17) is 0 Å². The van der Waals surface area contributed by atoms with Gasteiger partial charge in [0.2, 0.25) is 0 Å². The molecular formula is C13H12F3NOS. The third kappa shape index (κ3) is 3.54. The molecule has 0 aliphatic heterocycles. The minimum Gasteiger partial charge on any atom is -0.393 e. The molecule has 0 spiro atoms. The highest BCUT2D eigenvalue weighted by molar-refractivity contribution is 7.15. The summed E-state index contributed by atoms with van der Waals surface area (Å²) >= 11 is 1.38. The summed E-state index contributed by atoms with van der Waals surface area (Å²) < 4.78 is 37.3. The van der Waals surface area contributed by atoms with Gasteiger partial charge >= 0.3 is 6.18 Å². The van der Waals surface area contributed by atoms with E-state index in [1.807, 2.05) is 0 Å². The van der Waals surface area contributed by atoms with Crippen molar-refractivity contribution in [3.63, 3.8) is 0 Å². The monoisotopic (exact) mass is 287 g/mol. The van der Waals surface area contributed by atoms with E-state index in [9.17, 15) is 18.3 Å². The van der Waals surface area contributed by atoms with Gasteiger partial charge in [-0.2, -0.15) is 13.2 Å². The molecule has 0 aliphatic carbocycles. The molecule has 0 saturated carbocycles. The van der Waals surface area contributed by atoms with E-state index in [1.54, 1.807) is 13.1 Å². The van der Waals surface area contributed by atoms with E-state index in [2.05, 4.69) is 4.98 Å². The van der Waals surface area contributed by atoms with Crippen molar-refractivity contribution in [1.29, 1.82) is 0 Å². The molecule has 2 rings (SSSR count). The van der Waals surface area contributed by atoms with Crippen molar-refractivity contribution in [3.8, 4) is 10.6 Å². The largest absolute Gasteiger partial charge is 0.416 e. The van der Waals surface area contributed by atoms with Crippen LogP contribution in [-0.4, -0.2) is 16.2 Å². The standard InChI is InChI=1S/C13H12F3NOS/c1-8(18)6-11-7-17-12(19-11)9-2-4-10(5-3-9)13(14,15)16/h2-5,7-8,18H,6H2,1H3. The Labute approximate surface area is 112 Å². The SMILES string of the molecule is CC(O)Cc1cnc(-c2ccc(C(F)(F)F)cc2)s1. The normalized spacial score (nSPS) is 13.5. The van der Waals surface area contributed by atoms with Crippen LogP contribution in [0, 0.1) is 0 Å². The van der Waals surface area contributed by atoms with Gasteiger partial charge in [-0.25, -0.2) is 4.98 Å². The summed E-state index contributed by atoms with van der Waals surface area (Å²) in [7, 11) is 0. The third-order valence-corrected chi connectivity index (χ3v) is 3.58. The molecule has 1 unspecified atom stereocenters. The molecule has 1 N–H and O–H groups in total. The molecule has 0 radical (unpaired) electrons. The van der Waals surface area contributed by atoms with Gasteiger partial charge in [-0.3, -0.25) is 0 Å². The van der Waals surface area contributed by atoms with E-state index in [0.717, 1.165) is 17.0 Å². The van der Waals surface area contributed by atoms with E-state index in [0.29, 0.717) is 17.0 Å². The first-order valence-electron chi connectivity index (χ1n) is 5.66. The molecule has 0 bridgehead atoms. The molecule has 1 aromatic carbocycles. The van der Waals surface area contributed by atoms with Crippen LogP contribution in [-0.2, 0) is 12.6 Å². The van der Waals surface area contributed by atoms with Gasteiger partial charge in [0.25, 0.3) is 0 Å². The van der Waals surface area contributed by atoms with E-state index in [1.165, 1.54) is 23.5 Å². The van der Waals surface area contributed by atoms with Crippen LogP contribution in [0.15, 0.2) is 30.5 Å². The number of rotatable bonds is 3. The Morgan fingerprint density at radius 2 is 1.89 bits per heavy atom. The van der Waals surface area contributed by atoms with Gasteiger partial charge < -0.3 is 5.11 Å². The lowest BCUT2D eigenvalue weighted by molar-refractivity contribution is -0.137. The van der Waals surface area contributed by atoms with Gasteiger partial charge in [0, 0.05) is 23.1 Å². The molecular weight excluding hydrogens is 275 g/mol. The number of halogens is 3. The summed E-state index contributed by atoms with van der Waals surface area (Å²) in [6, 6.07) is 4.91. The van der Waals surface area contributed by atoms with Gasteiger partial charge in [-0.1, -0.05) is 12.1 Å². The van der Waals surface area contributed by atoms with Crippen LogP contribution in [0.5, 0.6) is 0 Å². The van der Waals surface area contributed by atoms with Crippen molar-refractivity contribution in [2.45, 2.75) is 25.6 Å². The van der Waals surface area contributed by atoms with Crippen molar-refractivity contribution in [2.24, 2.45) is 0 Å². The van der Waals surface area contributed by atoms with Crippen molar-refractivity contribution in [2.75, 3.05) is 0 Å². The van der Waals surface area contributed by atoms with Gasteiger partial charge in [0.1, 0.15) is 5.01 Å². The fourth-order valence-corrected chi connectivity index (χ4v) is 2.67. The second-order valence-corrected chi connectivity index (χ2v) is 5.38. The number of aliphatic hydroxyl groups is 1. The highest BCUT2D eigenvalue weighted by Gasteiger charge is 2.30. The average molecular weight is 287 g/mol. The van der Waals surface area contributed by atoms with E-state index < -0.39 is 17.8 Å². The summed E-state index contributed by atoms with van der Waals surface area (Å²) in [5.74, 6) is 0. The van der Waals surface area contributed by atoms with E-state index in [-0.39, 0.29) is 0 Å². The Kier molecular flexibility index (Phi) is 3.91. The predicted octanol–water partition coefficient (Wildman–Crippen LogP) is 3.75. The Hall–Kier alpha value is -1.40. The second kappa shape index (κ2) is 5.30. The molecule has 19 heavy (non-hydrogen) atoms. The number of benzene rings is 1. The number of nitrogens with zero attached hydrogens (tertiary/aromatic N) is 1. The third-order valence-electron chi connectivity index (χ3n) is 2.51. The molecule has 2 aromatic rings. The molecule has 102 valence electrons. The zero-order valence-electron chi connectivity index (χ0n) is 10.1. The van der Waals surface area contributed by atoms with Crippen molar-refractivity contribution < 1.29 is 18.3 Å². The number of aromatic nitrogens is 1. The van der Waals surface area contributed by atoms with Crippen molar-refractivity contribution >= 4 is 11.3 Å². The first-order valence-corrected chi connectivity index (χ1v) is 6.48. The van der Waals surface area contributed by atoms with Gasteiger partial charge in [0.15, 0.2) is 0 Å². The van der Waals surface area contributed by atoms with Gasteiger partial charge in [-0.15, -0.1) is 11.3 Å². The fourth-order valence-electron chi connectivity index (χ4n) is 1.63. The Morgan fingerprint density at radius 3 is 2.42 bits per heavy atom. The number of hydrogen-bond acceptors (Lipinski definition) is 3. The van der Waals surface area contributed by atoms with Crippen molar-refractivity contribution in [3.05, 3.63) is 40.9 Å². The predicted molar refractivity (Wildman–Crippen MR) is 67.9 cm³/mol. The minimum absolute atomic E-state index is 0.457. The highest BCUT2D eigenvalue weighted by atomic mass is 32.1. The summed E-state index contributed by atoms with van der Waals surface area (Å²) in [4.78, 5) is 5.06. The highest BCUT2D eigenvalue weighted by Crippen LogP contribution is 2.32. The number of hydrogen-bond donors (Lipinski definition) is 1. The Bertz CT molecular complexity index is 546. The van der Waals surface area contributed by atoms with Crippen molar-refractivity contribution in [1.82, 2.24) is 4.98 Å². The van der Waals surface area contributed by atoms with Crippen LogP contribution < -0.4 is 0 Å². The molecule has 0 fully saturated rings. The molecule has 0 saturated heterocycles. The number of alkyl halides is 3. The van der Waals surface area contributed by atoms with Crippen LogP contribution in [0.2, 0.25) is 0 Å². The molecule has 0 aliphatic rings. The van der Waals surface area contributed by atoms with Crippen LogP contribution in [0.3, 0.4) is 0 Å². The van der Waals surface area contributed by atoms with Crippen LogP contribution in [0.25, 0.3) is 10.6 Å². The minimum atomic E-state index is -4.32. The summed E-state index contributed by atoms with van der Waals surface area (Å²) in [5.41, 5.74) is -0.0214. The lowest BCUT2D eigenvalue weighted by Gasteiger charge is -2.06. The summed E-state index contributed by atoms with van der Waals surface area (Å²) in [5, 5.41) is 9.92. The Morgan fingerprint density at radius 1 is 1.26 bits per heavy atom. The lowest BCUT2D eigenvalue weighted by Crippen LogP contribution is -2.03. The average Bonchev–Trinajstić information content (AvgIpc) is 2.75. The van der Waals surface area contributed by atoms with Gasteiger partial charge in [-0.05, 0) is 19.1 Å². The summed E-state index contributed by atoms with van der Waals surface area (Å²) in [6.07, 6.45) is -2.64. The Balaban J connectivity index is 2.20. The molecule has 1 aromatic heterocycles. The lowest BCUT2D eigenvalue weighted by atomic mass is 10.1. The van der Waals surface area contributed by atoms with Crippen LogP contribution >= 0.6 is 11.3 Å². The number of aliphatic hydroxyl groups excluding tert-OH is 1. The molecule has 2 nitrogen and oxygen atoms in total. The van der Waals surface area contributed by atoms with Crippen LogP contribution in [0.1, 0.15) is 17.4 Å². The zero-order valence-corrected chi connectivity index (χ0v) is 10.9. The maximum Gasteiger partial charge on any atom is 0.416 e. The maximum atomic E-state index is 12.4. The first-order chi connectivity index (χ1) is 8.86. The summed E-state index contributed by atoms with van der Waals surface area (Å²) in [6.45, 7) is 1.68. The zero-order chi connectivity index (χ0) is 14.0. The molecule has 1 heterocycles. The quantitative estimate of drug-likeness (QED) is 0.932. The van der Waals surface area contributed by atoms with Gasteiger partial charge in [0.05, 0.1) is 11.7 Å². The molecule has 0 amide bonds. The number of thiazole rings is 1. The first kappa shape index (κ1) is 14.0. The van der Waals surface area contributed by atoms with E-state index >= 15 is 0 Å². The fraction of sp³-hybridized carbons (Fsp3) is 0.308. The maximum absolute atomic E-state index is 12.4. The molecule has 1 atom stereocenters. The van der Waals surface area contributed by atoms with Crippen LogP contribution in [0.4, 0.5) is 13.2 Å². The topological polar surface area (TPSA) is 33.1 Å². The smallest absolute Gasteiger partial charge is 0.393 e. The molecule has 6 heteroatoms.